The predicted octanol–water partition coefficient (Wildman–Crippen LogP) is 3.52. The van der Waals surface area contributed by atoms with Crippen LogP contribution in [0.2, 0.25) is 0 Å². The van der Waals surface area contributed by atoms with Crippen LogP contribution in [-0.2, 0) is 11.2 Å². The Balaban J connectivity index is 1.48. The van der Waals surface area contributed by atoms with E-state index in [2.05, 4.69) is 0 Å². The lowest BCUT2D eigenvalue weighted by molar-refractivity contribution is -0.116. The molecule has 0 fully saturated rings. The standard InChI is InChI=1S/C22H23NO4/c1-15(14-27-18-9-7-17(8-10-18)13-16(2)24)11-12-23-21(25)19-5-3-4-6-20(19)22(23)26/h3-10,15H,11-14H2,1-2H3. The summed E-state index contributed by atoms with van der Waals surface area (Å²) in [5.41, 5.74) is 1.93. The Morgan fingerprint density at radius 3 is 2.15 bits per heavy atom. The molecule has 1 aliphatic rings. The van der Waals surface area contributed by atoms with Gasteiger partial charge in [-0.25, -0.2) is 0 Å². The number of Topliss-reactive ketones (excluding diaryl/α,β-unsaturated/α-hetero) is 1. The number of amides is 2. The molecule has 140 valence electrons. The normalized spacial score (nSPS) is 14.2. The largest absolute Gasteiger partial charge is 0.493 e. The molecule has 0 aromatic heterocycles. The number of hydrogen-bond donors (Lipinski definition) is 0. The zero-order valence-electron chi connectivity index (χ0n) is 15.6. The Kier molecular flexibility index (Phi) is 5.69. The van der Waals surface area contributed by atoms with Crippen molar-refractivity contribution in [3.63, 3.8) is 0 Å². The fourth-order valence-corrected chi connectivity index (χ4v) is 3.10. The summed E-state index contributed by atoms with van der Waals surface area (Å²) in [7, 11) is 0. The molecule has 3 rings (SSSR count). The van der Waals surface area contributed by atoms with Gasteiger partial charge < -0.3 is 4.74 Å². The average molecular weight is 365 g/mol. The summed E-state index contributed by atoms with van der Waals surface area (Å²) in [4.78, 5) is 37.2. The topological polar surface area (TPSA) is 63.7 Å². The quantitative estimate of drug-likeness (QED) is 0.672. The highest BCUT2D eigenvalue weighted by molar-refractivity contribution is 6.21. The SMILES string of the molecule is CC(=O)Cc1ccc(OCC(C)CCN2C(=O)c3ccccc3C2=O)cc1. The van der Waals surface area contributed by atoms with Crippen molar-refractivity contribution in [1.82, 2.24) is 4.90 Å². The number of benzene rings is 2. The minimum absolute atomic E-state index is 0.130. The number of carbonyl (C=O) groups is 3. The van der Waals surface area contributed by atoms with Crippen molar-refractivity contribution in [2.75, 3.05) is 13.2 Å². The molecule has 0 spiro atoms. The van der Waals surface area contributed by atoms with Crippen LogP contribution in [0.5, 0.6) is 5.75 Å². The monoisotopic (exact) mass is 365 g/mol. The summed E-state index contributed by atoms with van der Waals surface area (Å²) < 4.78 is 5.79. The molecule has 2 aromatic rings. The number of rotatable bonds is 8. The van der Waals surface area contributed by atoms with Crippen molar-refractivity contribution in [2.24, 2.45) is 5.92 Å². The third-order valence-electron chi connectivity index (χ3n) is 4.63. The van der Waals surface area contributed by atoms with Crippen LogP contribution in [0.4, 0.5) is 0 Å². The second-order valence-electron chi connectivity index (χ2n) is 7.04. The van der Waals surface area contributed by atoms with E-state index in [0.717, 1.165) is 11.3 Å². The van der Waals surface area contributed by atoms with Crippen LogP contribution in [0.3, 0.4) is 0 Å². The lowest BCUT2D eigenvalue weighted by Crippen LogP contribution is -2.32. The maximum atomic E-state index is 12.4. The van der Waals surface area contributed by atoms with Gasteiger partial charge in [-0.3, -0.25) is 19.3 Å². The van der Waals surface area contributed by atoms with Gasteiger partial charge in [-0.1, -0.05) is 31.2 Å². The van der Waals surface area contributed by atoms with Gasteiger partial charge in [0, 0.05) is 13.0 Å². The molecule has 0 N–H and O–H groups in total. The fraction of sp³-hybridized carbons (Fsp3) is 0.318. The summed E-state index contributed by atoms with van der Waals surface area (Å²) in [5.74, 6) is 0.626. The van der Waals surface area contributed by atoms with E-state index in [1.165, 1.54) is 4.90 Å². The van der Waals surface area contributed by atoms with Crippen LogP contribution in [0, 0.1) is 5.92 Å². The van der Waals surface area contributed by atoms with Crippen LogP contribution in [-0.4, -0.2) is 35.6 Å². The minimum atomic E-state index is -0.218. The number of nitrogens with zero attached hydrogens (tertiary/aromatic N) is 1. The number of ketones is 1. The molecule has 5 heteroatoms. The summed E-state index contributed by atoms with van der Waals surface area (Å²) in [6.07, 6.45) is 1.10. The minimum Gasteiger partial charge on any atom is -0.493 e. The van der Waals surface area contributed by atoms with Crippen LogP contribution < -0.4 is 4.74 Å². The third kappa shape index (κ3) is 4.42. The Hall–Kier alpha value is -2.95. The van der Waals surface area contributed by atoms with E-state index in [-0.39, 0.29) is 23.5 Å². The van der Waals surface area contributed by atoms with Gasteiger partial charge in [-0.2, -0.15) is 0 Å². The maximum Gasteiger partial charge on any atom is 0.261 e. The molecule has 1 atom stereocenters. The van der Waals surface area contributed by atoms with Crippen molar-refractivity contribution in [2.45, 2.75) is 26.7 Å². The van der Waals surface area contributed by atoms with Gasteiger partial charge >= 0.3 is 0 Å². The Labute approximate surface area is 158 Å². The molecule has 2 aromatic carbocycles. The molecular weight excluding hydrogens is 342 g/mol. The third-order valence-corrected chi connectivity index (χ3v) is 4.63. The molecule has 0 saturated heterocycles. The first kappa shape index (κ1) is 18.8. The first-order chi connectivity index (χ1) is 13.0. The lowest BCUT2D eigenvalue weighted by atomic mass is 10.1. The summed E-state index contributed by atoms with van der Waals surface area (Å²) in [5, 5.41) is 0. The predicted molar refractivity (Wildman–Crippen MR) is 102 cm³/mol. The molecule has 0 radical (unpaired) electrons. The number of hydrogen-bond acceptors (Lipinski definition) is 4. The molecule has 0 saturated carbocycles. The van der Waals surface area contributed by atoms with Crippen LogP contribution in [0.1, 0.15) is 46.5 Å². The Morgan fingerprint density at radius 2 is 1.59 bits per heavy atom. The second kappa shape index (κ2) is 8.16. The van der Waals surface area contributed by atoms with Crippen LogP contribution in [0.25, 0.3) is 0 Å². The molecule has 27 heavy (non-hydrogen) atoms. The first-order valence-electron chi connectivity index (χ1n) is 9.12. The van der Waals surface area contributed by atoms with Gasteiger partial charge in [0.15, 0.2) is 0 Å². The Bertz CT molecular complexity index is 822. The summed E-state index contributed by atoms with van der Waals surface area (Å²) in [6.45, 7) is 4.48. The van der Waals surface area contributed by atoms with Crippen LogP contribution >= 0.6 is 0 Å². The second-order valence-corrected chi connectivity index (χ2v) is 7.04. The van der Waals surface area contributed by atoms with E-state index in [1.54, 1.807) is 31.2 Å². The fourth-order valence-electron chi connectivity index (χ4n) is 3.10. The van der Waals surface area contributed by atoms with Gasteiger partial charge in [-0.15, -0.1) is 0 Å². The molecule has 2 amide bonds. The van der Waals surface area contributed by atoms with Gasteiger partial charge in [0.1, 0.15) is 11.5 Å². The summed E-state index contributed by atoms with van der Waals surface area (Å²) >= 11 is 0. The lowest BCUT2D eigenvalue weighted by Gasteiger charge is -2.18. The molecule has 1 aliphatic heterocycles. The highest BCUT2D eigenvalue weighted by Gasteiger charge is 2.34. The molecular formula is C22H23NO4. The van der Waals surface area contributed by atoms with Crippen molar-refractivity contribution in [3.05, 3.63) is 65.2 Å². The maximum absolute atomic E-state index is 12.4. The van der Waals surface area contributed by atoms with E-state index >= 15 is 0 Å². The van der Waals surface area contributed by atoms with Crippen molar-refractivity contribution in [1.29, 1.82) is 0 Å². The average Bonchev–Trinajstić information content (AvgIpc) is 2.90. The van der Waals surface area contributed by atoms with E-state index in [0.29, 0.717) is 37.1 Å². The zero-order chi connectivity index (χ0) is 19.4. The zero-order valence-corrected chi connectivity index (χ0v) is 15.6. The molecule has 1 unspecified atom stereocenters. The van der Waals surface area contributed by atoms with E-state index < -0.39 is 0 Å². The number of imide groups is 1. The smallest absolute Gasteiger partial charge is 0.261 e. The van der Waals surface area contributed by atoms with E-state index in [4.69, 9.17) is 4.74 Å². The molecule has 0 aliphatic carbocycles. The number of ether oxygens (including phenoxy) is 1. The van der Waals surface area contributed by atoms with Gasteiger partial charge in [0.2, 0.25) is 0 Å². The summed E-state index contributed by atoms with van der Waals surface area (Å²) in [6, 6.07) is 14.4. The van der Waals surface area contributed by atoms with Crippen molar-refractivity contribution >= 4 is 17.6 Å². The van der Waals surface area contributed by atoms with Gasteiger partial charge in [-0.05, 0) is 49.1 Å². The van der Waals surface area contributed by atoms with Gasteiger partial charge in [0.25, 0.3) is 11.8 Å². The van der Waals surface area contributed by atoms with Crippen molar-refractivity contribution in [3.8, 4) is 5.75 Å². The van der Waals surface area contributed by atoms with E-state index in [1.807, 2.05) is 31.2 Å². The highest BCUT2D eigenvalue weighted by atomic mass is 16.5. The van der Waals surface area contributed by atoms with Crippen LogP contribution in [0.15, 0.2) is 48.5 Å². The first-order valence-corrected chi connectivity index (χ1v) is 9.12. The molecule has 0 bridgehead atoms. The van der Waals surface area contributed by atoms with E-state index in [9.17, 15) is 14.4 Å². The van der Waals surface area contributed by atoms with Crippen molar-refractivity contribution < 1.29 is 19.1 Å². The molecule has 5 nitrogen and oxygen atoms in total. The number of carbonyl (C=O) groups excluding carboxylic acids is 3. The Morgan fingerprint density at radius 1 is 1.00 bits per heavy atom. The van der Waals surface area contributed by atoms with Gasteiger partial charge in [0.05, 0.1) is 17.7 Å². The number of fused-ring (bicyclic) bond motifs is 1. The highest BCUT2D eigenvalue weighted by Crippen LogP contribution is 2.23. The molecule has 1 heterocycles.